The van der Waals surface area contributed by atoms with Gasteiger partial charge in [-0.05, 0) is 42.2 Å². The molecule has 2 N–H and O–H groups in total. The van der Waals surface area contributed by atoms with Crippen molar-refractivity contribution in [2.75, 3.05) is 6.54 Å². The van der Waals surface area contributed by atoms with Crippen LogP contribution in [0, 0.1) is 0 Å². The molecule has 0 radical (unpaired) electrons. The Morgan fingerprint density at radius 3 is 2.81 bits per heavy atom. The predicted octanol–water partition coefficient (Wildman–Crippen LogP) is 3.89. The second kappa shape index (κ2) is 8.56. The van der Waals surface area contributed by atoms with Crippen LogP contribution in [0.5, 0.6) is 5.75 Å². The van der Waals surface area contributed by atoms with Crippen molar-refractivity contribution in [1.82, 2.24) is 10.2 Å². The number of nitrogens with one attached hydrogen (secondary N) is 1. The Bertz CT molecular complexity index is 778. The Labute approximate surface area is 159 Å². The average molecular weight is 373 g/mol. The number of carbonyl (C=O) groups is 1. The van der Waals surface area contributed by atoms with E-state index in [4.69, 9.17) is 11.6 Å². The highest BCUT2D eigenvalue weighted by molar-refractivity contribution is 6.30. The lowest BCUT2D eigenvalue weighted by Crippen LogP contribution is -2.50. The van der Waals surface area contributed by atoms with Crippen LogP contribution in [0.4, 0.5) is 0 Å². The molecule has 4 nitrogen and oxygen atoms in total. The lowest BCUT2D eigenvalue weighted by Gasteiger charge is -2.36. The van der Waals surface area contributed by atoms with Gasteiger partial charge in [0.05, 0.1) is 6.04 Å². The highest BCUT2D eigenvalue weighted by atomic mass is 35.5. The summed E-state index contributed by atoms with van der Waals surface area (Å²) in [5.74, 6) is 0.257. The largest absolute Gasteiger partial charge is 0.508 e. The van der Waals surface area contributed by atoms with Crippen molar-refractivity contribution in [2.24, 2.45) is 0 Å². The summed E-state index contributed by atoms with van der Waals surface area (Å²) in [6.45, 7) is 3.96. The number of benzene rings is 2. The van der Waals surface area contributed by atoms with E-state index in [1.807, 2.05) is 12.1 Å². The molecule has 1 aliphatic heterocycles. The van der Waals surface area contributed by atoms with Crippen molar-refractivity contribution < 1.29 is 9.90 Å². The van der Waals surface area contributed by atoms with E-state index in [0.29, 0.717) is 31.1 Å². The second-order valence-electron chi connectivity index (χ2n) is 6.81. The molecule has 0 saturated heterocycles. The molecule has 1 aliphatic rings. The second-order valence-corrected chi connectivity index (χ2v) is 7.25. The zero-order valence-corrected chi connectivity index (χ0v) is 15.8. The third-order valence-corrected chi connectivity index (χ3v) is 5.13. The molecule has 1 amide bonds. The first-order chi connectivity index (χ1) is 12.6. The Balaban J connectivity index is 1.83. The normalized spacial score (nSPS) is 16.9. The van der Waals surface area contributed by atoms with Crippen LogP contribution < -0.4 is 5.32 Å². The zero-order chi connectivity index (χ0) is 18.5. The van der Waals surface area contributed by atoms with E-state index >= 15 is 0 Å². The molecule has 5 heteroatoms. The zero-order valence-electron chi connectivity index (χ0n) is 15.0. The molecule has 0 fully saturated rings. The van der Waals surface area contributed by atoms with Crippen molar-refractivity contribution in [3.8, 4) is 5.75 Å². The summed E-state index contributed by atoms with van der Waals surface area (Å²) in [5, 5.41) is 13.8. The number of unbranched alkanes of at least 4 members (excludes halogenated alkanes) is 1. The van der Waals surface area contributed by atoms with Gasteiger partial charge in [0.1, 0.15) is 5.75 Å². The van der Waals surface area contributed by atoms with Gasteiger partial charge in [0.2, 0.25) is 5.91 Å². The standard InChI is InChI=1S/C21H25ClN2O2/c1-2-3-10-23-21(26)19-12-15-6-4-5-7-16(15)13-24(19)14-17-11-18(22)8-9-20(17)25/h4-9,11,19,25H,2-3,10,12-14H2,1H3,(H,23,26). The van der Waals surface area contributed by atoms with Crippen molar-refractivity contribution in [3.05, 3.63) is 64.2 Å². The highest BCUT2D eigenvalue weighted by Crippen LogP contribution is 2.29. The fourth-order valence-corrected chi connectivity index (χ4v) is 3.60. The first-order valence-electron chi connectivity index (χ1n) is 9.14. The van der Waals surface area contributed by atoms with E-state index in [1.54, 1.807) is 18.2 Å². The lowest BCUT2D eigenvalue weighted by molar-refractivity contribution is -0.127. The number of phenols is 1. The molecule has 138 valence electrons. The maximum absolute atomic E-state index is 12.8. The van der Waals surface area contributed by atoms with Crippen LogP contribution in [0.2, 0.25) is 5.02 Å². The quantitative estimate of drug-likeness (QED) is 0.756. The molecule has 0 bridgehead atoms. The van der Waals surface area contributed by atoms with Gasteiger partial charge in [-0.25, -0.2) is 0 Å². The topological polar surface area (TPSA) is 52.6 Å². The van der Waals surface area contributed by atoms with Gasteiger partial charge >= 0.3 is 0 Å². The van der Waals surface area contributed by atoms with Crippen LogP contribution in [-0.2, 0) is 24.3 Å². The van der Waals surface area contributed by atoms with Gasteiger partial charge in [0, 0.05) is 30.2 Å². The fraction of sp³-hybridized carbons (Fsp3) is 0.381. The number of hydrogen-bond acceptors (Lipinski definition) is 3. The van der Waals surface area contributed by atoms with Crippen LogP contribution in [0.1, 0.15) is 36.5 Å². The minimum Gasteiger partial charge on any atom is -0.508 e. The van der Waals surface area contributed by atoms with Crippen LogP contribution in [0.25, 0.3) is 0 Å². The number of aromatic hydroxyl groups is 1. The predicted molar refractivity (Wildman–Crippen MR) is 104 cm³/mol. The Hall–Kier alpha value is -2.04. The number of phenolic OH excluding ortho intramolecular Hbond substituents is 1. The maximum atomic E-state index is 12.8. The average Bonchev–Trinajstić information content (AvgIpc) is 2.64. The van der Waals surface area contributed by atoms with Gasteiger partial charge < -0.3 is 10.4 Å². The summed E-state index contributed by atoms with van der Waals surface area (Å²) in [4.78, 5) is 14.9. The van der Waals surface area contributed by atoms with Crippen molar-refractivity contribution in [1.29, 1.82) is 0 Å². The van der Waals surface area contributed by atoms with Gasteiger partial charge in [-0.2, -0.15) is 0 Å². The van der Waals surface area contributed by atoms with E-state index < -0.39 is 0 Å². The molecule has 3 rings (SSSR count). The van der Waals surface area contributed by atoms with Crippen molar-refractivity contribution in [3.63, 3.8) is 0 Å². The van der Waals surface area contributed by atoms with Crippen LogP contribution in [0.15, 0.2) is 42.5 Å². The fourth-order valence-electron chi connectivity index (χ4n) is 3.41. The van der Waals surface area contributed by atoms with Gasteiger partial charge in [0.25, 0.3) is 0 Å². The number of rotatable bonds is 6. The van der Waals surface area contributed by atoms with Crippen LogP contribution >= 0.6 is 11.6 Å². The van der Waals surface area contributed by atoms with E-state index in [0.717, 1.165) is 18.4 Å². The minimum atomic E-state index is -0.250. The maximum Gasteiger partial charge on any atom is 0.237 e. The van der Waals surface area contributed by atoms with Gasteiger partial charge in [-0.1, -0.05) is 49.2 Å². The third-order valence-electron chi connectivity index (χ3n) is 4.89. The molecule has 2 aromatic rings. The molecule has 1 unspecified atom stereocenters. The third kappa shape index (κ3) is 4.37. The smallest absolute Gasteiger partial charge is 0.237 e. The summed E-state index contributed by atoms with van der Waals surface area (Å²) < 4.78 is 0. The molecule has 0 saturated carbocycles. The molecular weight excluding hydrogens is 348 g/mol. The Morgan fingerprint density at radius 2 is 2.04 bits per heavy atom. The van der Waals surface area contributed by atoms with E-state index in [1.165, 1.54) is 11.1 Å². The van der Waals surface area contributed by atoms with Crippen molar-refractivity contribution in [2.45, 2.75) is 45.3 Å². The molecule has 1 atom stereocenters. The number of fused-ring (bicyclic) bond motifs is 1. The van der Waals surface area contributed by atoms with Gasteiger partial charge in [-0.15, -0.1) is 0 Å². The van der Waals surface area contributed by atoms with Gasteiger partial charge in [0.15, 0.2) is 0 Å². The number of hydrogen-bond donors (Lipinski definition) is 2. The number of amides is 1. The first-order valence-corrected chi connectivity index (χ1v) is 9.52. The lowest BCUT2D eigenvalue weighted by atomic mass is 9.93. The highest BCUT2D eigenvalue weighted by Gasteiger charge is 2.31. The van der Waals surface area contributed by atoms with Crippen LogP contribution in [0.3, 0.4) is 0 Å². The number of carbonyl (C=O) groups excluding carboxylic acids is 1. The molecule has 0 aliphatic carbocycles. The number of halogens is 1. The molecule has 1 heterocycles. The molecule has 0 aromatic heterocycles. The Morgan fingerprint density at radius 1 is 1.27 bits per heavy atom. The number of nitrogens with zero attached hydrogens (tertiary/aromatic N) is 1. The first kappa shape index (κ1) is 18.7. The van der Waals surface area contributed by atoms with Crippen LogP contribution in [-0.4, -0.2) is 28.5 Å². The summed E-state index contributed by atoms with van der Waals surface area (Å²) in [7, 11) is 0. The Kier molecular flexibility index (Phi) is 6.17. The van der Waals surface area contributed by atoms with Gasteiger partial charge in [-0.3, -0.25) is 9.69 Å². The molecular formula is C21H25ClN2O2. The van der Waals surface area contributed by atoms with E-state index in [2.05, 4.69) is 29.3 Å². The molecule has 2 aromatic carbocycles. The van der Waals surface area contributed by atoms with E-state index in [9.17, 15) is 9.90 Å². The molecule has 26 heavy (non-hydrogen) atoms. The molecule has 0 spiro atoms. The van der Waals surface area contributed by atoms with Crippen molar-refractivity contribution >= 4 is 17.5 Å². The summed E-state index contributed by atoms with van der Waals surface area (Å²) in [5.41, 5.74) is 3.18. The van der Waals surface area contributed by atoms with E-state index in [-0.39, 0.29) is 17.7 Å². The monoisotopic (exact) mass is 372 g/mol. The SMILES string of the molecule is CCCCNC(=O)C1Cc2ccccc2CN1Cc1cc(Cl)ccc1O. The minimum absolute atomic E-state index is 0.0504. The summed E-state index contributed by atoms with van der Waals surface area (Å²) >= 11 is 6.09. The summed E-state index contributed by atoms with van der Waals surface area (Å²) in [6, 6.07) is 13.0. The summed E-state index contributed by atoms with van der Waals surface area (Å²) in [6.07, 6.45) is 2.70.